The van der Waals surface area contributed by atoms with Crippen LogP contribution in [-0.4, -0.2) is 31.0 Å². The minimum atomic E-state index is -0.593. The summed E-state index contributed by atoms with van der Waals surface area (Å²) in [4.78, 5) is 11.9. The van der Waals surface area contributed by atoms with Crippen LogP contribution in [0.25, 0.3) is 0 Å². The van der Waals surface area contributed by atoms with Crippen molar-refractivity contribution in [1.82, 2.24) is 10.4 Å². The number of esters is 1. The van der Waals surface area contributed by atoms with Crippen molar-refractivity contribution < 1.29 is 18.3 Å². The Kier molecular flexibility index (Phi) is 3.98. The van der Waals surface area contributed by atoms with Gasteiger partial charge in [-0.1, -0.05) is 0 Å². The second-order valence-corrected chi connectivity index (χ2v) is 4.84. The van der Waals surface area contributed by atoms with Crippen molar-refractivity contribution in [1.29, 1.82) is 0 Å². The smallest absolute Gasteiger partial charge is 0.377 e. The summed E-state index contributed by atoms with van der Waals surface area (Å²) >= 11 is 0. The normalized spacial score (nSPS) is 17.9. The van der Waals surface area contributed by atoms with Gasteiger partial charge in [0, 0.05) is 7.05 Å². The molecule has 0 amide bonds. The van der Waals surface area contributed by atoms with Crippen LogP contribution in [0, 0.1) is 5.82 Å². The minimum absolute atomic E-state index is 0.0691. The highest BCUT2D eigenvalue weighted by molar-refractivity contribution is 6.35. The molecule has 1 N–H and O–H groups in total. The van der Waals surface area contributed by atoms with Crippen LogP contribution >= 0.6 is 0 Å². The number of ether oxygens (including phenoxy) is 1. The number of hydrazine groups is 1. The zero-order chi connectivity index (χ0) is 16.4. The first-order valence-electron chi connectivity index (χ1n) is 6.85. The molecule has 1 aliphatic rings. The Labute approximate surface area is 131 Å². The zero-order valence-electron chi connectivity index (χ0n) is 12.6. The van der Waals surface area contributed by atoms with E-state index in [2.05, 4.69) is 10.5 Å². The molecule has 0 saturated heterocycles. The first kappa shape index (κ1) is 15.0. The molecule has 0 spiro atoms. The fourth-order valence-electron chi connectivity index (χ4n) is 2.23. The molecule has 0 fully saturated rings. The number of hydrogen-bond donors (Lipinski definition) is 1. The standard InChI is InChI=1S/C15H15FN4O3/c1-19-14(15(21)22-2)18-20(11-7-5-10(16)6-8-11)13(17-19)12-4-3-9-23-12/h3-9,13,17H,1-2H3. The summed E-state index contributed by atoms with van der Waals surface area (Å²) in [6.07, 6.45) is 1.05. The average Bonchev–Trinajstić information content (AvgIpc) is 3.09. The Bertz CT molecular complexity index is 715. The van der Waals surface area contributed by atoms with E-state index in [1.165, 1.54) is 29.3 Å². The maximum Gasteiger partial charge on any atom is 0.377 e. The molecule has 23 heavy (non-hydrogen) atoms. The first-order valence-corrected chi connectivity index (χ1v) is 6.85. The summed E-state index contributed by atoms with van der Waals surface area (Å²) in [5.74, 6) is -0.291. The van der Waals surface area contributed by atoms with Crippen molar-refractivity contribution >= 4 is 17.5 Å². The molecule has 2 heterocycles. The molecule has 8 heteroatoms. The number of likely N-dealkylation sites (N-methyl/N-ethyl adjacent to an activating group) is 1. The van der Waals surface area contributed by atoms with E-state index < -0.39 is 12.1 Å². The lowest BCUT2D eigenvalue weighted by molar-refractivity contribution is -0.133. The molecule has 1 unspecified atom stereocenters. The van der Waals surface area contributed by atoms with Crippen molar-refractivity contribution in [3.05, 3.63) is 54.2 Å². The molecule has 0 saturated carbocycles. The van der Waals surface area contributed by atoms with Gasteiger partial charge in [-0.15, -0.1) is 5.10 Å². The van der Waals surface area contributed by atoms with Crippen LogP contribution in [-0.2, 0) is 9.53 Å². The molecule has 120 valence electrons. The highest BCUT2D eigenvalue weighted by atomic mass is 19.1. The largest absolute Gasteiger partial charge is 0.466 e. The number of nitrogens with zero attached hydrogens (tertiary/aromatic N) is 3. The minimum Gasteiger partial charge on any atom is -0.466 e. The molecular formula is C15H15FN4O3. The number of rotatable bonds is 3. The third-order valence-corrected chi connectivity index (χ3v) is 3.35. The van der Waals surface area contributed by atoms with E-state index in [4.69, 9.17) is 9.15 Å². The Hall–Kier alpha value is -2.87. The Morgan fingerprint density at radius 1 is 1.35 bits per heavy atom. The number of hydrogen-bond acceptors (Lipinski definition) is 7. The van der Waals surface area contributed by atoms with Crippen molar-refractivity contribution in [2.45, 2.75) is 6.17 Å². The van der Waals surface area contributed by atoms with Crippen LogP contribution in [0.15, 0.2) is 52.2 Å². The number of halogens is 1. The molecule has 2 aromatic rings. The topological polar surface area (TPSA) is 70.3 Å². The number of benzene rings is 1. The van der Waals surface area contributed by atoms with Gasteiger partial charge in [0.05, 0.1) is 19.1 Å². The van der Waals surface area contributed by atoms with E-state index in [-0.39, 0.29) is 11.7 Å². The van der Waals surface area contributed by atoms with E-state index in [0.717, 1.165) is 0 Å². The molecule has 1 aliphatic heterocycles. The van der Waals surface area contributed by atoms with Crippen LogP contribution < -0.4 is 10.4 Å². The first-order chi connectivity index (χ1) is 11.1. The number of anilines is 1. The molecule has 1 atom stereocenters. The maximum absolute atomic E-state index is 13.2. The maximum atomic E-state index is 13.2. The summed E-state index contributed by atoms with van der Waals surface area (Å²) in [7, 11) is 2.92. The lowest BCUT2D eigenvalue weighted by atomic mass is 10.2. The van der Waals surface area contributed by atoms with Crippen LogP contribution in [0.1, 0.15) is 11.9 Å². The second kappa shape index (κ2) is 6.09. The number of nitrogens with one attached hydrogen (secondary N) is 1. The summed E-state index contributed by atoms with van der Waals surface area (Å²) in [6.45, 7) is 0. The number of carbonyl (C=O) groups excluding carboxylic acids is 1. The summed E-state index contributed by atoms with van der Waals surface area (Å²) < 4.78 is 23.3. The zero-order valence-corrected chi connectivity index (χ0v) is 12.6. The van der Waals surface area contributed by atoms with Gasteiger partial charge in [0.1, 0.15) is 11.6 Å². The number of methoxy groups -OCH3 is 1. The van der Waals surface area contributed by atoms with Gasteiger partial charge < -0.3 is 9.15 Å². The van der Waals surface area contributed by atoms with Gasteiger partial charge in [0.25, 0.3) is 0 Å². The molecule has 3 rings (SSSR count). The van der Waals surface area contributed by atoms with Gasteiger partial charge in [-0.05, 0) is 36.4 Å². The van der Waals surface area contributed by atoms with Crippen molar-refractivity contribution in [2.75, 3.05) is 19.2 Å². The van der Waals surface area contributed by atoms with Gasteiger partial charge in [-0.25, -0.2) is 19.6 Å². The number of amidine groups is 1. The molecule has 0 aliphatic carbocycles. The number of carbonyl (C=O) groups is 1. The molecule has 1 aromatic heterocycles. The number of furan rings is 1. The number of hydrazone groups is 1. The van der Waals surface area contributed by atoms with Gasteiger partial charge in [0.15, 0.2) is 6.17 Å². The monoisotopic (exact) mass is 318 g/mol. The summed E-state index contributed by atoms with van der Waals surface area (Å²) in [6, 6.07) is 9.30. The van der Waals surface area contributed by atoms with E-state index in [1.807, 2.05) is 0 Å². The summed E-state index contributed by atoms with van der Waals surface area (Å²) in [5.41, 5.74) is 3.68. The fourth-order valence-corrected chi connectivity index (χ4v) is 2.23. The van der Waals surface area contributed by atoms with Gasteiger partial charge >= 0.3 is 5.97 Å². The van der Waals surface area contributed by atoms with E-state index >= 15 is 0 Å². The van der Waals surface area contributed by atoms with Crippen LogP contribution in [0.3, 0.4) is 0 Å². The van der Waals surface area contributed by atoms with E-state index in [0.29, 0.717) is 11.4 Å². The second-order valence-electron chi connectivity index (χ2n) is 4.84. The molecule has 0 bridgehead atoms. The quantitative estimate of drug-likeness (QED) is 0.871. The van der Waals surface area contributed by atoms with Crippen molar-refractivity contribution in [3.8, 4) is 0 Å². The predicted molar refractivity (Wildman–Crippen MR) is 80.7 cm³/mol. The SMILES string of the molecule is COC(=O)C1=NN(c2ccc(F)cc2)C(c2ccco2)NN1C. The van der Waals surface area contributed by atoms with Gasteiger partial charge in [-0.2, -0.15) is 0 Å². The fraction of sp³-hybridized carbons (Fsp3) is 0.200. The highest BCUT2D eigenvalue weighted by Gasteiger charge is 2.33. The Morgan fingerprint density at radius 2 is 2.09 bits per heavy atom. The van der Waals surface area contributed by atoms with Gasteiger partial charge in [0.2, 0.25) is 5.84 Å². The van der Waals surface area contributed by atoms with Crippen LogP contribution in [0.2, 0.25) is 0 Å². The van der Waals surface area contributed by atoms with E-state index in [9.17, 15) is 9.18 Å². The third kappa shape index (κ3) is 2.88. The molecule has 0 radical (unpaired) electrons. The Morgan fingerprint density at radius 3 is 2.70 bits per heavy atom. The van der Waals surface area contributed by atoms with Crippen molar-refractivity contribution in [3.63, 3.8) is 0 Å². The van der Waals surface area contributed by atoms with Crippen molar-refractivity contribution in [2.24, 2.45) is 5.10 Å². The Balaban J connectivity index is 2.05. The molecule has 7 nitrogen and oxygen atoms in total. The lowest BCUT2D eigenvalue weighted by Crippen LogP contribution is -2.54. The van der Waals surface area contributed by atoms with Crippen LogP contribution in [0.4, 0.5) is 10.1 Å². The van der Waals surface area contributed by atoms with E-state index in [1.54, 1.807) is 37.6 Å². The third-order valence-electron chi connectivity index (χ3n) is 3.35. The lowest BCUT2D eigenvalue weighted by Gasteiger charge is -2.37. The average molecular weight is 318 g/mol. The summed E-state index contributed by atoms with van der Waals surface area (Å²) in [5, 5.41) is 7.32. The van der Waals surface area contributed by atoms with Gasteiger partial charge in [-0.3, -0.25) is 5.01 Å². The predicted octanol–water partition coefficient (Wildman–Crippen LogP) is 1.86. The van der Waals surface area contributed by atoms with Crippen LogP contribution in [0.5, 0.6) is 0 Å². The molecule has 1 aromatic carbocycles. The molecular weight excluding hydrogens is 303 g/mol. The highest BCUT2D eigenvalue weighted by Crippen LogP contribution is 2.29.